The molecule has 1 aromatic heterocycles. The lowest BCUT2D eigenvalue weighted by molar-refractivity contribution is -0.0235. The van der Waals surface area contributed by atoms with Gasteiger partial charge in [0.05, 0.1) is 25.4 Å². The second-order valence-electron chi connectivity index (χ2n) is 5.29. The molecule has 1 N–H and O–H groups in total. The van der Waals surface area contributed by atoms with Gasteiger partial charge in [0, 0.05) is 12.4 Å². The lowest BCUT2D eigenvalue weighted by atomic mass is 9.89. The van der Waals surface area contributed by atoms with E-state index in [-0.39, 0.29) is 6.10 Å². The van der Waals surface area contributed by atoms with Crippen molar-refractivity contribution in [3.05, 3.63) is 53.9 Å². The van der Waals surface area contributed by atoms with Crippen molar-refractivity contribution in [2.24, 2.45) is 0 Å². The molecule has 3 rings (SSSR count). The van der Waals surface area contributed by atoms with Crippen molar-refractivity contribution in [1.29, 1.82) is 0 Å². The van der Waals surface area contributed by atoms with Crippen molar-refractivity contribution in [2.45, 2.75) is 38.0 Å². The smallest absolute Gasteiger partial charge is 0.0969 e. The maximum atomic E-state index is 10.0. The minimum absolute atomic E-state index is 0.118. The molecule has 4 nitrogen and oxygen atoms in total. The minimum atomic E-state index is -0.524. The highest BCUT2D eigenvalue weighted by atomic mass is 16.5. The van der Waals surface area contributed by atoms with Crippen LogP contribution >= 0.6 is 0 Å². The van der Waals surface area contributed by atoms with Crippen molar-refractivity contribution < 1.29 is 9.84 Å². The maximum absolute atomic E-state index is 10.0. The van der Waals surface area contributed by atoms with Crippen molar-refractivity contribution in [3.63, 3.8) is 0 Å². The summed E-state index contributed by atoms with van der Waals surface area (Å²) in [6, 6.07) is 10.3. The summed E-state index contributed by atoms with van der Waals surface area (Å²) in [5.74, 6) is 0. The highest BCUT2D eigenvalue weighted by molar-refractivity contribution is 5.31. The van der Waals surface area contributed by atoms with Crippen LogP contribution < -0.4 is 0 Å². The van der Waals surface area contributed by atoms with Crippen molar-refractivity contribution >= 4 is 0 Å². The Morgan fingerprint density at radius 1 is 1.35 bits per heavy atom. The highest BCUT2D eigenvalue weighted by Gasteiger charge is 2.21. The van der Waals surface area contributed by atoms with E-state index >= 15 is 0 Å². The molecular formula is C16H20N2O2. The number of aromatic nitrogens is 2. The average molecular weight is 272 g/mol. The number of ether oxygens (including phenoxy) is 1. The molecule has 106 valence electrons. The maximum Gasteiger partial charge on any atom is 0.0969 e. The van der Waals surface area contributed by atoms with E-state index in [4.69, 9.17) is 4.74 Å². The zero-order valence-corrected chi connectivity index (χ0v) is 11.5. The molecule has 2 atom stereocenters. The fraction of sp³-hybridized carbons (Fsp3) is 0.438. The first-order valence-electron chi connectivity index (χ1n) is 7.18. The molecule has 2 aromatic rings. The molecule has 1 aromatic carbocycles. The van der Waals surface area contributed by atoms with Gasteiger partial charge in [-0.1, -0.05) is 24.3 Å². The second-order valence-corrected chi connectivity index (χ2v) is 5.29. The summed E-state index contributed by atoms with van der Waals surface area (Å²) < 4.78 is 7.65. The van der Waals surface area contributed by atoms with Gasteiger partial charge in [0.15, 0.2) is 0 Å². The first kappa shape index (κ1) is 13.3. The molecule has 0 amide bonds. The van der Waals surface area contributed by atoms with Crippen molar-refractivity contribution in [1.82, 2.24) is 9.78 Å². The average Bonchev–Trinajstić information content (AvgIpc) is 2.98. The molecule has 0 fully saturated rings. The van der Waals surface area contributed by atoms with E-state index in [2.05, 4.69) is 29.4 Å². The molecule has 0 saturated heterocycles. The number of hydrogen-bond donors (Lipinski definition) is 1. The third kappa shape index (κ3) is 3.08. The van der Waals surface area contributed by atoms with E-state index in [0.717, 1.165) is 19.3 Å². The van der Waals surface area contributed by atoms with Gasteiger partial charge in [0.1, 0.15) is 0 Å². The zero-order chi connectivity index (χ0) is 13.8. The fourth-order valence-electron chi connectivity index (χ4n) is 2.79. The summed E-state index contributed by atoms with van der Waals surface area (Å²) in [5.41, 5.74) is 2.66. The predicted octanol–water partition coefficient (Wildman–Crippen LogP) is 2.34. The van der Waals surface area contributed by atoms with E-state index in [9.17, 15) is 5.11 Å². The van der Waals surface area contributed by atoms with Gasteiger partial charge in [-0.25, -0.2) is 0 Å². The predicted molar refractivity (Wildman–Crippen MR) is 76.3 cm³/mol. The van der Waals surface area contributed by atoms with Gasteiger partial charge in [-0.3, -0.25) is 4.68 Å². The standard InChI is InChI=1S/C16H20N2O2/c19-14(11-18-10-4-9-17-18)12-20-16-8-3-6-13-5-1-2-7-15(13)16/h1-2,4-5,7,9-10,14,16,19H,3,6,8,11-12H2. The van der Waals surface area contributed by atoms with E-state index < -0.39 is 6.10 Å². The largest absolute Gasteiger partial charge is 0.389 e. The number of rotatable bonds is 5. The molecule has 0 radical (unpaired) electrons. The quantitative estimate of drug-likeness (QED) is 0.908. The van der Waals surface area contributed by atoms with Crippen molar-refractivity contribution in [3.8, 4) is 0 Å². The Morgan fingerprint density at radius 3 is 3.10 bits per heavy atom. The number of nitrogens with zero attached hydrogens (tertiary/aromatic N) is 2. The summed E-state index contributed by atoms with van der Waals surface area (Å²) >= 11 is 0. The number of aliphatic hydroxyl groups excluding tert-OH is 1. The van der Waals surface area contributed by atoms with Crippen LogP contribution in [0.5, 0.6) is 0 Å². The summed E-state index contributed by atoms with van der Waals surface area (Å²) in [4.78, 5) is 0. The van der Waals surface area contributed by atoms with Crippen LogP contribution in [0.25, 0.3) is 0 Å². The van der Waals surface area contributed by atoms with Crippen LogP contribution in [0.1, 0.15) is 30.1 Å². The van der Waals surface area contributed by atoms with Gasteiger partial charge in [-0.05, 0) is 36.5 Å². The monoisotopic (exact) mass is 272 g/mol. The van der Waals surface area contributed by atoms with Gasteiger partial charge in [0.25, 0.3) is 0 Å². The highest BCUT2D eigenvalue weighted by Crippen LogP contribution is 2.32. The summed E-state index contributed by atoms with van der Waals surface area (Å²) in [7, 11) is 0. The third-order valence-electron chi connectivity index (χ3n) is 3.76. The fourth-order valence-corrected chi connectivity index (χ4v) is 2.79. The molecule has 20 heavy (non-hydrogen) atoms. The Labute approximate surface area is 119 Å². The van der Waals surface area contributed by atoms with Crippen LogP contribution in [0.15, 0.2) is 42.7 Å². The van der Waals surface area contributed by atoms with E-state index in [0.29, 0.717) is 13.2 Å². The lowest BCUT2D eigenvalue weighted by Gasteiger charge is -2.26. The zero-order valence-electron chi connectivity index (χ0n) is 11.5. The SMILES string of the molecule is OC(COC1CCCc2ccccc21)Cn1cccn1. The number of aliphatic hydroxyl groups is 1. The minimum Gasteiger partial charge on any atom is -0.389 e. The molecule has 4 heteroatoms. The van der Waals surface area contributed by atoms with E-state index in [1.54, 1.807) is 10.9 Å². The Morgan fingerprint density at radius 2 is 2.25 bits per heavy atom. The molecule has 2 unspecified atom stereocenters. The molecule has 0 aliphatic heterocycles. The number of aryl methyl sites for hydroxylation is 1. The molecule has 0 saturated carbocycles. The summed E-state index contributed by atoms with van der Waals surface area (Å²) in [5, 5.41) is 14.1. The van der Waals surface area contributed by atoms with Crippen LogP contribution in [0.3, 0.4) is 0 Å². The third-order valence-corrected chi connectivity index (χ3v) is 3.76. The van der Waals surface area contributed by atoms with Crippen LogP contribution in [0.4, 0.5) is 0 Å². The Hall–Kier alpha value is -1.65. The lowest BCUT2D eigenvalue weighted by Crippen LogP contribution is -2.24. The Bertz CT molecular complexity index is 539. The van der Waals surface area contributed by atoms with Crippen LogP contribution in [0.2, 0.25) is 0 Å². The van der Waals surface area contributed by atoms with Crippen LogP contribution in [-0.4, -0.2) is 27.6 Å². The normalized spacial score (nSPS) is 19.6. The van der Waals surface area contributed by atoms with E-state index in [1.165, 1.54) is 11.1 Å². The molecule has 1 heterocycles. The topological polar surface area (TPSA) is 47.3 Å². The first-order valence-corrected chi connectivity index (χ1v) is 7.18. The number of hydrogen-bond acceptors (Lipinski definition) is 3. The van der Waals surface area contributed by atoms with Gasteiger partial charge < -0.3 is 9.84 Å². The van der Waals surface area contributed by atoms with Gasteiger partial charge in [-0.2, -0.15) is 5.10 Å². The van der Waals surface area contributed by atoms with Crippen LogP contribution in [0, 0.1) is 0 Å². The number of benzene rings is 1. The summed E-state index contributed by atoms with van der Waals surface area (Å²) in [6.45, 7) is 0.820. The summed E-state index contributed by atoms with van der Waals surface area (Å²) in [6.07, 6.45) is 6.47. The molecule has 0 spiro atoms. The Kier molecular flexibility index (Phi) is 4.14. The second kappa shape index (κ2) is 6.20. The van der Waals surface area contributed by atoms with Gasteiger partial charge >= 0.3 is 0 Å². The molecule has 1 aliphatic carbocycles. The number of fused-ring (bicyclic) bond motifs is 1. The Balaban J connectivity index is 1.56. The van der Waals surface area contributed by atoms with Crippen molar-refractivity contribution in [2.75, 3.05) is 6.61 Å². The molecular weight excluding hydrogens is 252 g/mol. The van der Waals surface area contributed by atoms with Gasteiger partial charge in [0.2, 0.25) is 0 Å². The molecule has 0 bridgehead atoms. The first-order chi connectivity index (χ1) is 9.83. The molecule has 1 aliphatic rings. The van der Waals surface area contributed by atoms with E-state index in [1.807, 2.05) is 12.3 Å². The van der Waals surface area contributed by atoms with Gasteiger partial charge in [-0.15, -0.1) is 0 Å². The van der Waals surface area contributed by atoms with Crippen LogP contribution in [-0.2, 0) is 17.7 Å².